The molecule has 1 aromatic carbocycles. The lowest BCUT2D eigenvalue weighted by Crippen LogP contribution is -2.46. The summed E-state index contributed by atoms with van der Waals surface area (Å²) in [7, 11) is 2.10. The molecule has 0 unspecified atom stereocenters. The molecule has 0 radical (unpaired) electrons. The van der Waals surface area contributed by atoms with Crippen LogP contribution in [0.5, 0.6) is 5.75 Å². The van der Waals surface area contributed by atoms with E-state index in [9.17, 15) is 5.11 Å². The average Bonchev–Trinajstić information content (AvgIpc) is 3.20. The molecule has 4 nitrogen and oxygen atoms in total. The Hall–Kier alpha value is -1.56. The summed E-state index contributed by atoms with van der Waals surface area (Å²) >= 11 is 1.83. The topological polar surface area (TPSA) is 35.9 Å². The van der Waals surface area contributed by atoms with Crippen molar-refractivity contribution >= 4 is 17.0 Å². The number of thiophene rings is 1. The van der Waals surface area contributed by atoms with E-state index < -0.39 is 5.60 Å². The monoisotopic (exact) mass is 402 g/mol. The minimum atomic E-state index is -0.533. The van der Waals surface area contributed by atoms with Gasteiger partial charge in [-0.2, -0.15) is 0 Å². The number of hydrogen-bond acceptors (Lipinski definition) is 5. The van der Waals surface area contributed by atoms with E-state index in [-0.39, 0.29) is 6.10 Å². The largest absolute Gasteiger partial charge is 0.491 e. The number of piperidine rings is 1. The van der Waals surface area contributed by atoms with Crippen LogP contribution in [0.15, 0.2) is 41.8 Å². The van der Waals surface area contributed by atoms with Crippen LogP contribution in [0.3, 0.4) is 0 Å². The van der Waals surface area contributed by atoms with Crippen molar-refractivity contribution in [3.63, 3.8) is 0 Å². The van der Waals surface area contributed by atoms with E-state index in [1.54, 1.807) is 0 Å². The molecule has 1 aromatic heterocycles. The highest BCUT2D eigenvalue weighted by Crippen LogP contribution is 2.27. The summed E-state index contributed by atoms with van der Waals surface area (Å²) in [6.07, 6.45) is 3.86. The Morgan fingerprint density at radius 1 is 1.18 bits per heavy atom. The van der Waals surface area contributed by atoms with E-state index in [1.807, 2.05) is 37.3 Å². The lowest BCUT2D eigenvalue weighted by molar-refractivity contribution is -0.0254. The van der Waals surface area contributed by atoms with Gasteiger partial charge in [0.25, 0.3) is 0 Å². The Kier molecular flexibility index (Phi) is 7.38. The molecule has 5 heteroatoms. The predicted octanol–water partition coefficient (Wildman–Crippen LogP) is 4.43. The Morgan fingerprint density at radius 3 is 2.50 bits per heavy atom. The van der Waals surface area contributed by atoms with Gasteiger partial charge in [-0.05, 0) is 75.2 Å². The average molecular weight is 403 g/mol. The van der Waals surface area contributed by atoms with E-state index in [1.165, 1.54) is 4.88 Å². The second-order valence-corrected chi connectivity index (χ2v) is 9.26. The minimum absolute atomic E-state index is 0.189. The summed E-state index contributed by atoms with van der Waals surface area (Å²) in [5, 5.41) is 13.2. The van der Waals surface area contributed by atoms with Gasteiger partial charge in [0.05, 0.1) is 11.7 Å². The van der Waals surface area contributed by atoms with E-state index in [4.69, 9.17) is 4.74 Å². The van der Waals surface area contributed by atoms with Crippen molar-refractivity contribution in [2.45, 2.75) is 51.2 Å². The van der Waals surface area contributed by atoms with Crippen LogP contribution < -0.4 is 9.64 Å². The van der Waals surface area contributed by atoms with E-state index in [2.05, 4.69) is 46.5 Å². The van der Waals surface area contributed by atoms with Gasteiger partial charge in [0, 0.05) is 43.8 Å². The SMILES string of the molecule is CC(C)Oc1ccc(N(C)CCC2(O)CCN(CCc3cccs3)CC2)cc1. The lowest BCUT2D eigenvalue weighted by atomic mass is 9.88. The summed E-state index contributed by atoms with van der Waals surface area (Å²) in [5.74, 6) is 0.903. The van der Waals surface area contributed by atoms with Crippen LogP contribution >= 0.6 is 11.3 Å². The molecule has 2 heterocycles. The number of anilines is 1. The normalized spacial score (nSPS) is 17.0. The summed E-state index contributed by atoms with van der Waals surface area (Å²) in [4.78, 5) is 6.17. The van der Waals surface area contributed by atoms with Crippen molar-refractivity contribution < 1.29 is 9.84 Å². The van der Waals surface area contributed by atoms with Crippen molar-refractivity contribution in [1.29, 1.82) is 0 Å². The van der Waals surface area contributed by atoms with Crippen molar-refractivity contribution in [3.05, 3.63) is 46.7 Å². The first-order chi connectivity index (χ1) is 13.4. The number of hydrogen-bond donors (Lipinski definition) is 1. The quantitative estimate of drug-likeness (QED) is 0.673. The highest BCUT2D eigenvalue weighted by atomic mass is 32.1. The summed E-state index contributed by atoms with van der Waals surface area (Å²) in [6, 6.07) is 12.6. The summed E-state index contributed by atoms with van der Waals surface area (Å²) in [6.45, 7) is 8.01. The molecule has 2 aromatic rings. The molecule has 0 bridgehead atoms. The summed E-state index contributed by atoms with van der Waals surface area (Å²) < 4.78 is 5.71. The van der Waals surface area contributed by atoms with Crippen LogP contribution in [0.25, 0.3) is 0 Å². The molecule has 154 valence electrons. The van der Waals surface area contributed by atoms with Crippen LogP contribution in [0.4, 0.5) is 5.69 Å². The Balaban J connectivity index is 1.41. The first-order valence-corrected chi connectivity index (χ1v) is 11.3. The van der Waals surface area contributed by atoms with Crippen LogP contribution in [0.1, 0.15) is 38.0 Å². The zero-order valence-electron chi connectivity index (χ0n) is 17.4. The van der Waals surface area contributed by atoms with Gasteiger partial charge in [0.15, 0.2) is 0 Å². The van der Waals surface area contributed by atoms with Gasteiger partial charge >= 0.3 is 0 Å². The molecule has 0 amide bonds. The number of aliphatic hydroxyl groups is 1. The molecule has 28 heavy (non-hydrogen) atoms. The third-order valence-electron chi connectivity index (χ3n) is 5.60. The van der Waals surface area contributed by atoms with Crippen molar-refractivity contribution in [2.75, 3.05) is 38.1 Å². The van der Waals surface area contributed by atoms with Crippen LogP contribution in [0, 0.1) is 0 Å². The molecular formula is C23H34N2O2S. The number of likely N-dealkylation sites (tertiary alicyclic amines) is 1. The molecule has 1 aliphatic heterocycles. The van der Waals surface area contributed by atoms with Gasteiger partial charge in [0.2, 0.25) is 0 Å². The zero-order valence-corrected chi connectivity index (χ0v) is 18.3. The molecular weight excluding hydrogens is 368 g/mol. The fraction of sp³-hybridized carbons (Fsp3) is 0.565. The third-order valence-corrected chi connectivity index (χ3v) is 6.54. The summed E-state index contributed by atoms with van der Waals surface area (Å²) in [5.41, 5.74) is 0.627. The molecule has 1 fully saturated rings. The molecule has 0 spiro atoms. The van der Waals surface area contributed by atoms with Gasteiger partial charge in [-0.15, -0.1) is 11.3 Å². The maximum Gasteiger partial charge on any atom is 0.119 e. The smallest absolute Gasteiger partial charge is 0.119 e. The van der Waals surface area contributed by atoms with Gasteiger partial charge in [-0.1, -0.05) is 6.07 Å². The molecule has 1 saturated heterocycles. The number of benzene rings is 1. The number of rotatable bonds is 9. The van der Waals surface area contributed by atoms with Crippen molar-refractivity contribution in [1.82, 2.24) is 4.90 Å². The fourth-order valence-electron chi connectivity index (χ4n) is 3.72. The standard InChI is InChI=1S/C23H34N2O2S/c1-19(2)27-21-8-6-20(7-9-21)24(3)15-11-23(26)12-16-25(17-13-23)14-10-22-5-4-18-28-22/h4-9,18-19,26H,10-17H2,1-3H3. The first kappa shape index (κ1) is 21.2. The molecule has 1 N–H and O–H groups in total. The number of nitrogens with zero attached hydrogens (tertiary/aromatic N) is 2. The second kappa shape index (κ2) is 9.77. The molecule has 0 aliphatic carbocycles. The Bertz CT molecular complexity index is 692. The maximum absolute atomic E-state index is 11.0. The second-order valence-electron chi connectivity index (χ2n) is 8.23. The highest BCUT2D eigenvalue weighted by molar-refractivity contribution is 7.09. The molecule has 3 rings (SSSR count). The van der Waals surface area contributed by atoms with E-state index in [0.717, 1.165) is 63.3 Å². The van der Waals surface area contributed by atoms with Crippen LogP contribution in [-0.2, 0) is 6.42 Å². The minimum Gasteiger partial charge on any atom is -0.491 e. The van der Waals surface area contributed by atoms with Gasteiger partial charge in [-0.3, -0.25) is 0 Å². The molecule has 1 aliphatic rings. The van der Waals surface area contributed by atoms with E-state index >= 15 is 0 Å². The highest BCUT2D eigenvalue weighted by Gasteiger charge is 2.32. The van der Waals surface area contributed by atoms with Crippen molar-refractivity contribution in [2.24, 2.45) is 0 Å². The Morgan fingerprint density at radius 2 is 1.89 bits per heavy atom. The van der Waals surface area contributed by atoms with E-state index in [0.29, 0.717) is 0 Å². The van der Waals surface area contributed by atoms with Crippen LogP contribution in [-0.4, -0.2) is 54.9 Å². The lowest BCUT2D eigenvalue weighted by Gasteiger charge is -2.39. The van der Waals surface area contributed by atoms with Gasteiger partial charge in [-0.25, -0.2) is 0 Å². The van der Waals surface area contributed by atoms with Gasteiger partial charge < -0.3 is 19.6 Å². The third kappa shape index (κ3) is 6.23. The maximum atomic E-state index is 11.0. The predicted molar refractivity (Wildman–Crippen MR) is 119 cm³/mol. The van der Waals surface area contributed by atoms with Crippen LogP contribution in [0.2, 0.25) is 0 Å². The number of ether oxygens (including phenoxy) is 1. The fourth-order valence-corrected chi connectivity index (χ4v) is 4.42. The molecule has 0 saturated carbocycles. The Labute approximate surface area is 173 Å². The first-order valence-electron chi connectivity index (χ1n) is 10.4. The van der Waals surface area contributed by atoms with Crippen molar-refractivity contribution in [3.8, 4) is 5.75 Å². The zero-order chi connectivity index (χ0) is 20.0. The van der Waals surface area contributed by atoms with Gasteiger partial charge in [0.1, 0.15) is 5.75 Å². The molecule has 0 atom stereocenters.